The topological polar surface area (TPSA) is 93.4 Å². The maximum atomic E-state index is 12.0. The number of primary amides is 1. The van der Waals surface area contributed by atoms with E-state index in [0.29, 0.717) is 17.2 Å². The Balaban J connectivity index is 2.04. The standard InChI is InChI=1S/C15H23N3O3S/c1-9(8-21-2)17-7-12(19)18-15-13(14(16)20)10-5-3-4-6-11(10)22-15/h9,17H,3-8H2,1-2H3,(H2,16,20)(H,18,19)/t9-/m1/s1. The minimum absolute atomic E-state index is 0.0860. The van der Waals surface area contributed by atoms with Crippen molar-refractivity contribution in [3.05, 3.63) is 16.0 Å². The fourth-order valence-electron chi connectivity index (χ4n) is 2.66. The van der Waals surface area contributed by atoms with E-state index >= 15 is 0 Å². The van der Waals surface area contributed by atoms with E-state index < -0.39 is 5.91 Å². The van der Waals surface area contributed by atoms with E-state index in [0.717, 1.165) is 31.2 Å². The molecule has 0 spiro atoms. The van der Waals surface area contributed by atoms with Gasteiger partial charge in [-0.3, -0.25) is 9.59 Å². The fraction of sp³-hybridized carbons (Fsp3) is 0.600. The molecule has 0 saturated carbocycles. The molecule has 0 fully saturated rings. The second-order valence-electron chi connectivity index (χ2n) is 5.56. The first-order chi connectivity index (χ1) is 10.5. The number of nitrogens with two attached hydrogens (primary N) is 1. The Morgan fingerprint density at radius 1 is 1.36 bits per heavy atom. The monoisotopic (exact) mass is 325 g/mol. The van der Waals surface area contributed by atoms with Gasteiger partial charge < -0.3 is 21.1 Å². The molecular weight excluding hydrogens is 302 g/mol. The molecule has 1 aromatic rings. The van der Waals surface area contributed by atoms with Crippen LogP contribution in [0.15, 0.2) is 0 Å². The van der Waals surface area contributed by atoms with Gasteiger partial charge in [-0.05, 0) is 38.2 Å². The van der Waals surface area contributed by atoms with Crippen LogP contribution in [0.3, 0.4) is 0 Å². The van der Waals surface area contributed by atoms with Crippen LogP contribution in [0.4, 0.5) is 5.00 Å². The third-order valence-corrected chi connectivity index (χ3v) is 4.91. The number of carbonyl (C=O) groups excluding carboxylic acids is 2. The van der Waals surface area contributed by atoms with Crippen molar-refractivity contribution in [2.45, 2.75) is 38.6 Å². The molecular formula is C15H23N3O3S. The summed E-state index contributed by atoms with van der Waals surface area (Å²) < 4.78 is 5.01. The van der Waals surface area contributed by atoms with Gasteiger partial charge in [0.1, 0.15) is 5.00 Å². The summed E-state index contributed by atoms with van der Waals surface area (Å²) in [4.78, 5) is 25.0. The van der Waals surface area contributed by atoms with Gasteiger partial charge in [0.2, 0.25) is 5.91 Å². The Kier molecular flexibility index (Phi) is 5.93. The smallest absolute Gasteiger partial charge is 0.251 e. The zero-order valence-electron chi connectivity index (χ0n) is 13.0. The third kappa shape index (κ3) is 4.06. The molecule has 7 heteroatoms. The molecule has 0 aliphatic heterocycles. The molecule has 22 heavy (non-hydrogen) atoms. The van der Waals surface area contributed by atoms with E-state index in [1.54, 1.807) is 7.11 Å². The van der Waals surface area contributed by atoms with Gasteiger partial charge in [0.05, 0.1) is 18.7 Å². The number of aryl methyl sites for hydroxylation is 1. The minimum atomic E-state index is -0.463. The Hall–Kier alpha value is -1.44. The van der Waals surface area contributed by atoms with Crippen molar-refractivity contribution < 1.29 is 14.3 Å². The van der Waals surface area contributed by atoms with E-state index in [2.05, 4.69) is 10.6 Å². The molecule has 1 heterocycles. The molecule has 122 valence electrons. The number of rotatable bonds is 7. The molecule has 0 bridgehead atoms. The van der Waals surface area contributed by atoms with Crippen LogP contribution in [0.1, 0.15) is 40.6 Å². The van der Waals surface area contributed by atoms with Crippen LogP contribution >= 0.6 is 11.3 Å². The SMILES string of the molecule is COC[C@@H](C)NCC(=O)Nc1sc2c(c1C(N)=O)CCCC2. The van der Waals surface area contributed by atoms with Crippen molar-refractivity contribution in [3.8, 4) is 0 Å². The number of carbonyl (C=O) groups is 2. The summed E-state index contributed by atoms with van der Waals surface area (Å²) in [5.41, 5.74) is 7.03. The average Bonchev–Trinajstić information content (AvgIpc) is 2.83. The van der Waals surface area contributed by atoms with Gasteiger partial charge in [0.25, 0.3) is 5.91 Å². The highest BCUT2D eigenvalue weighted by atomic mass is 32.1. The second-order valence-corrected chi connectivity index (χ2v) is 6.67. The Labute approximate surface area is 134 Å². The number of methoxy groups -OCH3 is 1. The van der Waals surface area contributed by atoms with Crippen LogP contribution in [0.2, 0.25) is 0 Å². The second kappa shape index (κ2) is 7.71. The van der Waals surface area contributed by atoms with Crippen molar-refractivity contribution in [1.82, 2.24) is 5.32 Å². The fourth-order valence-corrected chi connectivity index (χ4v) is 3.97. The molecule has 1 aromatic heterocycles. The van der Waals surface area contributed by atoms with Crippen molar-refractivity contribution in [3.63, 3.8) is 0 Å². The molecule has 2 rings (SSSR count). The first kappa shape index (κ1) is 16.9. The van der Waals surface area contributed by atoms with Gasteiger partial charge >= 0.3 is 0 Å². The van der Waals surface area contributed by atoms with Gasteiger partial charge in [-0.15, -0.1) is 11.3 Å². The number of fused-ring (bicyclic) bond motifs is 1. The highest BCUT2D eigenvalue weighted by Crippen LogP contribution is 2.37. The summed E-state index contributed by atoms with van der Waals surface area (Å²) in [6, 6.07) is 0.0860. The summed E-state index contributed by atoms with van der Waals surface area (Å²) in [5, 5.41) is 6.48. The van der Waals surface area contributed by atoms with Crippen LogP contribution in [0.5, 0.6) is 0 Å². The number of anilines is 1. The third-order valence-electron chi connectivity index (χ3n) is 3.70. The van der Waals surface area contributed by atoms with Crippen LogP contribution in [0.25, 0.3) is 0 Å². The summed E-state index contributed by atoms with van der Waals surface area (Å²) in [6.07, 6.45) is 4.01. The molecule has 4 N–H and O–H groups in total. The lowest BCUT2D eigenvalue weighted by Gasteiger charge is -2.12. The molecule has 0 saturated heterocycles. The Bertz CT molecular complexity index is 556. The highest BCUT2D eigenvalue weighted by Gasteiger charge is 2.24. The number of ether oxygens (including phenoxy) is 1. The summed E-state index contributed by atoms with van der Waals surface area (Å²) in [5.74, 6) is -0.639. The first-order valence-electron chi connectivity index (χ1n) is 7.49. The molecule has 1 aliphatic rings. The van der Waals surface area contributed by atoms with Crippen LogP contribution < -0.4 is 16.4 Å². The van der Waals surface area contributed by atoms with Gasteiger partial charge in [-0.25, -0.2) is 0 Å². The minimum Gasteiger partial charge on any atom is -0.383 e. The molecule has 0 radical (unpaired) electrons. The molecule has 2 amide bonds. The number of amides is 2. The lowest BCUT2D eigenvalue weighted by Crippen LogP contribution is -2.36. The van der Waals surface area contributed by atoms with Crippen molar-refractivity contribution in [2.75, 3.05) is 25.6 Å². The lowest BCUT2D eigenvalue weighted by molar-refractivity contribution is -0.115. The van der Waals surface area contributed by atoms with E-state index in [1.807, 2.05) is 6.92 Å². The van der Waals surface area contributed by atoms with Crippen LogP contribution in [0, 0.1) is 0 Å². The van der Waals surface area contributed by atoms with Crippen molar-refractivity contribution >= 4 is 28.2 Å². The lowest BCUT2D eigenvalue weighted by atomic mass is 9.95. The van der Waals surface area contributed by atoms with Crippen LogP contribution in [-0.4, -0.2) is 38.1 Å². The quantitative estimate of drug-likeness (QED) is 0.704. The summed E-state index contributed by atoms with van der Waals surface area (Å²) in [6.45, 7) is 2.65. The van der Waals surface area contributed by atoms with Crippen molar-refractivity contribution in [2.24, 2.45) is 5.73 Å². The maximum absolute atomic E-state index is 12.0. The van der Waals surface area contributed by atoms with E-state index in [9.17, 15) is 9.59 Å². The number of hydrogen-bond acceptors (Lipinski definition) is 5. The Morgan fingerprint density at radius 3 is 2.77 bits per heavy atom. The maximum Gasteiger partial charge on any atom is 0.251 e. The van der Waals surface area contributed by atoms with Gasteiger partial charge in [0, 0.05) is 18.0 Å². The number of nitrogens with one attached hydrogen (secondary N) is 2. The van der Waals surface area contributed by atoms with Gasteiger partial charge in [0.15, 0.2) is 0 Å². The zero-order valence-corrected chi connectivity index (χ0v) is 13.8. The number of hydrogen-bond donors (Lipinski definition) is 3. The average molecular weight is 325 g/mol. The van der Waals surface area contributed by atoms with Gasteiger partial charge in [-0.2, -0.15) is 0 Å². The predicted molar refractivity (Wildman–Crippen MR) is 87.4 cm³/mol. The summed E-state index contributed by atoms with van der Waals surface area (Å²) in [7, 11) is 1.62. The molecule has 1 atom stereocenters. The van der Waals surface area contributed by atoms with Crippen LogP contribution in [-0.2, 0) is 22.4 Å². The Morgan fingerprint density at radius 2 is 2.09 bits per heavy atom. The highest BCUT2D eigenvalue weighted by molar-refractivity contribution is 7.17. The molecule has 1 aliphatic carbocycles. The summed E-state index contributed by atoms with van der Waals surface area (Å²) >= 11 is 1.48. The van der Waals surface area contributed by atoms with Crippen molar-refractivity contribution in [1.29, 1.82) is 0 Å². The molecule has 6 nitrogen and oxygen atoms in total. The van der Waals surface area contributed by atoms with E-state index in [4.69, 9.17) is 10.5 Å². The van der Waals surface area contributed by atoms with Gasteiger partial charge in [-0.1, -0.05) is 0 Å². The normalized spacial score (nSPS) is 15.2. The van der Waals surface area contributed by atoms with E-state index in [-0.39, 0.29) is 18.5 Å². The number of thiophene rings is 1. The molecule has 0 unspecified atom stereocenters. The molecule has 0 aromatic carbocycles. The zero-order chi connectivity index (χ0) is 16.1. The first-order valence-corrected chi connectivity index (χ1v) is 8.31. The predicted octanol–water partition coefficient (Wildman–Crippen LogP) is 1.29. The largest absolute Gasteiger partial charge is 0.383 e. The van der Waals surface area contributed by atoms with E-state index in [1.165, 1.54) is 16.2 Å².